The van der Waals surface area contributed by atoms with E-state index >= 15 is 0 Å². The van der Waals surface area contributed by atoms with Crippen LogP contribution in [0.3, 0.4) is 0 Å². The van der Waals surface area contributed by atoms with Gasteiger partial charge in [0.05, 0.1) is 27.7 Å². The number of halogens is 6. The topological polar surface area (TPSA) is 0 Å². The molecule has 0 rings (SSSR count). The Hall–Kier alpha value is -0.0300. The standard InChI is InChI=1S/C7H18N.F6P/c1-5-6-7-8(2,3)4;1-7(2,3,4,5)6/h5-7H2,1-4H3;/q+1;-1. The van der Waals surface area contributed by atoms with E-state index in [0.717, 1.165) is 4.48 Å². The molecule has 15 heavy (non-hydrogen) atoms. The Bertz CT molecular complexity index is 175. The Morgan fingerprint density at radius 1 is 0.867 bits per heavy atom. The summed E-state index contributed by atoms with van der Waals surface area (Å²) in [5.41, 5.74) is 0. The zero-order valence-electron chi connectivity index (χ0n) is 9.28. The van der Waals surface area contributed by atoms with Crippen LogP contribution in [0.4, 0.5) is 25.2 Å². The van der Waals surface area contributed by atoms with Crippen molar-refractivity contribution in [3.8, 4) is 0 Å². The number of quaternary nitrogens is 1. The van der Waals surface area contributed by atoms with E-state index in [4.69, 9.17) is 0 Å². The van der Waals surface area contributed by atoms with Gasteiger partial charge in [0, 0.05) is 0 Å². The minimum atomic E-state index is -10.7. The Morgan fingerprint density at radius 2 is 1.13 bits per heavy atom. The van der Waals surface area contributed by atoms with E-state index in [-0.39, 0.29) is 0 Å². The number of hydrogen-bond donors (Lipinski definition) is 0. The molecule has 1 nitrogen and oxygen atoms in total. The summed E-state index contributed by atoms with van der Waals surface area (Å²) in [5, 5.41) is 0. The maximum absolute atomic E-state index is 10.7. The SMILES string of the molecule is CCCC[N+](C)(C)C.F[P-](F)(F)(F)(F)F. The summed E-state index contributed by atoms with van der Waals surface area (Å²) < 4.78 is 60.3. The molecule has 0 saturated heterocycles. The molecule has 98 valence electrons. The molecule has 0 aromatic carbocycles. The van der Waals surface area contributed by atoms with E-state index < -0.39 is 7.81 Å². The monoisotopic (exact) mass is 261 g/mol. The van der Waals surface area contributed by atoms with Crippen molar-refractivity contribution in [3.05, 3.63) is 0 Å². The number of rotatable bonds is 3. The first-order valence-corrected chi connectivity index (χ1v) is 6.41. The fourth-order valence-corrected chi connectivity index (χ4v) is 0.632. The van der Waals surface area contributed by atoms with E-state index in [1.165, 1.54) is 19.4 Å². The molecule has 0 amide bonds. The average molecular weight is 261 g/mol. The van der Waals surface area contributed by atoms with Crippen LogP contribution >= 0.6 is 7.81 Å². The first-order valence-electron chi connectivity index (χ1n) is 4.38. The third kappa shape index (κ3) is 81.0. The van der Waals surface area contributed by atoms with Crippen molar-refractivity contribution >= 4 is 7.81 Å². The van der Waals surface area contributed by atoms with E-state index in [9.17, 15) is 25.2 Å². The minimum absolute atomic E-state index is 1.10. The van der Waals surface area contributed by atoms with Gasteiger partial charge >= 0.3 is 33.0 Å². The fraction of sp³-hybridized carbons (Fsp3) is 1.00. The van der Waals surface area contributed by atoms with Crippen molar-refractivity contribution in [2.45, 2.75) is 19.8 Å². The molecule has 0 aliphatic carbocycles. The molecule has 0 fully saturated rings. The van der Waals surface area contributed by atoms with Crippen molar-refractivity contribution in [3.63, 3.8) is 0 Å². The van der Waals surface area contributed by atoms with E-state index in [1.807, 2.05) is 0 Å². The molecule has 0 aliphatic rings. The Balaban J connectivity index is 0. The molecule has 0 aromatic heterocycles. The molecular formula is C7H18F6NP. The second-order valence-electron chi connectivity index (χ2n) is 4.33. The van der Waals surface area contributed by atoms with E-state index in [0.29, 0.717) is 0 Å². The molecule has 0 spiro atoms. The van der Waals surface area contributed by atoms with Gasteiger partial charge in [-0.05, 0) is 6.42 Å². The number of nitrogens with zero attached hydrogens (tertiary/aromatic N) is 1. The maximum atomic E-state index is 9.87. The predicted molar refractivity (Wildman–Crippen MR) is 51.4 cm³/mol. The summed E-state index contributed by atoms with van der Waals surface area (Å²) in [6.07, 6.45) is 2.67. The van der Waals surface area contributed by atoms with Crippen LogP contribution in [0.2, 0.25) is 0 Å². The van der Waals surface area contributed by atoms with Gasteiger partial charge < -0.3 is 4.48 Å². The Kier molecular flexibility index (Phi) is 4.74. The Labute approximate surface area is 85.9 Å². The second-order valence-corrected chi connectivity index (χ2v) is 6.24. The van der Waals surface area contributed by atoms with Crippen LogP contribution in [-0.2, 0) is 0 Å². The van der Waals surface area contributed by atoms with Crippen molar-refractivity contribution in [2.24, 2.45) is 0 Å². The third-order valence-electron chi connectivity index (χ3n) is 1.18. The number of hydrogen-bond acceptors (Lipinski definition) is 0. The number of unbranched alkanes of at least 4 members (excludes halogenated alkanes) is 1. The normalized spacial score (nSPS) is 17.2. The zero-order chi connectivity index (χ0) is 13.0. The summed E-state index contributed by atoms with van der Waals surface area (Å²) in [7, 11) is -3.96. The molecule has 8 heteroatoms. The third-order valence-corrected chi connectivity index (χ3v) is 1.18. The van der Waals surface area contributed by atoms with Gasteiger partial charge in [0.1, 0.15) is 0 Å². The van der Waals surface area contributed by atoms with Gasteiger partial charge in [-0.1, -0.05) is 13.3 Å². The zero-order valence-corrected chi connectivity index (χ0v) is 10.2. The van der Waals surface area contributed by atoms with Gasteiger partial charge in [0.25, 0.3) is 0 Å². The van der Waals surface area contributed by atoms with Crippen molar-refractivity contribution in [2.75, 3.05) is 27.7 Å². The summed E-state index contributed by atoms with van der Waals surface area (Å²) >= 11 is 0. The van der Waals surface area contributed by atoms with Crippen LogP contribution in [0.25, 0.3) is 0 Å². The Morgan fingerprint density at radius 3 is 1.20 bits per heavy atom. The molecule has 0 aromatic rings. The molecule has 0 aliphatic heterocycles. The second kappa shape index (κ2) is 4.09. The predicted octanol–water partition coefficient (Wildman–Crippen LogP) is 4.88. The molecule has 0 atom stereocenters. The molecular weight excluding hydrogens is 243 g/mol. The molecule has 0 heterocycles. The van der Waals surface area contributed by atoms with E-state index in [2.05, 4.69) is 28.1 Å². The summed E-state index contributed by atoms with van der Waals surface area (Å²) in [6, 6.07) is 0. The van der Waals surface area contributed by atoms with Crippen LogP contribution in [-0.4, -0.2) is 32.2 Å². The van der Waals surface area contributed by atoms with Crippen LogP contribution < -0.4 is 0 Å². The van der Waals surface area contributed by atoms with Gasteiger partial charge in [-0.25, -0.2) is 0 Å². The average Bonchev–Trinajstić information content (AvgIpc) is 1.73. The van der Waals surface area contributed by atoms with Crippen molar-refractivity contribution in [1.29, 1.82) is 0 Å². The van der Waals surface area contributed by atoms with Gasteiger partial charge in [-0.15, -0.1) is 0 Å². The summed E-state index contributed by atoms with van der Waals surface area (Å²) in [5.74, 6) is 0. The molecule has 0 bridgehead atoms. The fourth-order valence-electron chi connectivity index (χ4n) is 0.632. The summed E-state index contributed by atoms with van der Waals surface area (Å²) in [4.78, 5) is 0. The van der Waals surface area contributed by atoms with Gasteiger partial charge in [0.2, 0.25) is 0 Å². The van der Waals surface area contributed by atoms with Gasteiger partial charge in [-0.2, -0.15) is 0 Å². The van der Waals surface area contributed by atoms with E-state index in [1.54, 1.807) is 0 Å². The molecule has 0 radical (unpaired) electrons. The summed E-state index contributed by atoms with van der Waals surface area (Å²) in [6.45, 7) is 3.53. The van der Waals surface area contributed by atoms with Crippen LogP contribution in [0.15, 0.2) is 0 Å². The first kappa shape index (κ1) is 17.4. The van der Waals surface area contributed by atoms with Crippen molar-refractivity contribution in [1.82, 2.24) is 0 Å². The molecule has 0 unspecified atom stereocenters. The molecule has 0 saturated carbocycles. The quantitative estimate of drug-likeness (QED) is 0.386. The van der Waals surface area contributed by atoms with Gasteiger partial charge in [0.15, 0.2) is 0 Å². The molecule has 0 N–H and O–H groups in total. The van der Waals surface area contributed by atoms with Crippen LogP contribution in [0, 0.1) is 0 Å². The van der Waals surface area contributed by atoms with Crippen molar-refractivity contribution < 1.29 is 29.7 Å². The van der Waals surface area contributed by atoms with Crippen LogP contribution in [0.5, 0.6) is 0 Å². The van der Waals surface area contributed by atoms with Crippen LogP contribution in [0.1, 0.15) is 19.8 Å². The van der Waals surface area contributed by atoms with Gasteiger partial charge in [-0.3, -0.25) is 0 Å². The first-order chi connectivity index (χ1) is 6.01.